The van der Waals surface area contributed by atoms with Crippen LogP contribution in [0.2, 0.25) is 0 Å². The van der Waals surface area contributed by atoms with Crippen molar-refractivity contribution >= 4 is 38.8 Å². The number of ether oxygens (including phenoxy) is 1. The molecule has 1 aromatic heterocycles. The van der Waals surface area contributed by atoms with Gasteiger partial charge in [-0.3, -0.25) is 9.59 Å². The van der Waals surface area contributed by atoms with Crippen molar-refractivity contribution in [3.8, 4) is 0 Å². The van der Waals surface area contributed by atoms with Crippen LogP contribution in [0, 0.1) is 6.92 Å². The van der Waals surface area contributed by atoms with Crippen molar-refractivity contribution in [1.82, 2.24) is 4.90 Å². The second kappa shape index (κ2) is 6.33. The van der Waals surface area contributed by atoms with Gasteiger partial charge in [-0.05, 0) is 25.1 Å². The van der Waals surface area contributed by atoms with E-state index in [4.69, 9.17) is 14.3 Å². The predicted octanol–water partition coefficient (Wildman–Crippen LogP) is 2.82. The second-order valence-electron chi connectivity index (χ2n) is 5.54. The average Bonchev–Trinajstić information content (AvgIpc) is 2.83. The first-order chi connectivity index (χ1) is 11.0. The molecule has 1 amide bonds. The van der Waals surface area contributed by atoms with E-state index in [0.29, 0.717) is 24.5 Å². The van der Waals surface area contributed by atoms with Gasteiger partial charge in [0.25, 0.3) is 5.91 Å². The Morgan fingerprint density at radius 1 is 1.43 bits per heavy atom. The van der Waals surface area contributed by atoms with Crippen molar-refractivity contribution < 1.29 is 23.8 Å². The minimum absolute atomic E-state index is 0.115. The Morgan fingerprint density at radius 3 is 2.96 bits per heavy atom. The molecule has 1 unspecified atom stereocenters. The van der Waals surface area contributed by atoms with E-state index < -0.39 is 12.1 Å². The normalized spacial score (nSPS) is 18.3. The molecule has 1 saturated heterocycles. The molecule has 2 heterocycles. The highest BCUT2D eigenvalue weighted by Gasteiger charge is 2.29. The quantitative estimate of drug-likeness (QED) is 0.883. The standard InChI is InChI=1S/C16H16BrNO5/c1-9-12-6-10(17)2-3-13(12)23-15(9)16(21)18-4-5-22-11(8-18)7-14(19)20/h2-3,6,11H,4-5,7-8H2,1H3,(H,19,20). The van der Waals surface area contributed by atoms with E-state index in [1.165, 1.54) is 0 Å². The number of fused-ring (bicyclic) bond motifs is 1. The maximum absolute atomic E-state index is 12.7. The van der Waals surface area contributed by atoms with Crippen molar-refractivity contribution in [2.24, 2.45) is 0 Å². The summed E-state index contributed by atoms with van der Waals surface area (Å²) in [6.07, 6.45) is -0.598. The molecule has 7 heteroatoms. The lowest BCUT2D eigenvalue weighted by atomic mass is 10.1. The summed E-state index contributed by atoms with van der Waals surface area (Å²) in [6.45, 7) is 2.86. The minimum Gasteiger partial charge on any atom is -0.481 e. The number of aliphatic carboxylic acids is 1. The maximum atomic E-state index is 12.7. The summed E-state index contributed by atoms with van der Waals surface area (Å²) in [6, 6.07) is 5.59. The molecule has 23 heavy (non-hydrogen) atoms. The SMILES string of the molecule is Cc1c(C(=O)N2CCOC(CC(=O)O)C2)oc2ccc(Br)cc12. The van der Waals surface area contributed by atoms with Gasteiger partial charge in [0.2, 0.25) is 0 Å². The van der Waals surface area contributed by atoms with Crippen LogP contribution in [0.3, 0.4) is 0 Å². The second-order valence-corrected chi connectivity index (χ2v) is 6.45. The average molecular weight is 382 g/mol. The maximum Gasteiger partial charge on any atom is 0.306 e. The number of hydrogen-bond donors (Lipinski definition) is 1. The summed E-state index contributed by atoms with van der Waals surface area (Å²) >= 11 is 3.41. The van der Waals surface area contributed by atoms with Crippen molar-refractivity contribution in [3.63, 3.8) is 0 Å². The summed E-state index contributed by atoms with van der Waals surface area (Å²) in [7, 11) is 0. The van der Waals surface area contributed by atoms with Crippen LogP contribution in [0.15, 0.2) is 27.1 Å². The van der Waals surface area contributed by atoms with Crippen molar-refractivity contribution in [1.29, 1.82) is 0 Å². The van der Waals surface area contributed by atoms with Gasteiger partial charge in [0.05, 0.1) is 19.1 Å². The Labute approximate surface area is 141 Å². The predicted molar refractivity (Wildman–Crippen MR) is 86.5 cm³/mol. The summed E-state index contributed by atoms with van der Waals surface area (Å²) in [5, 5.41) is 9.75. The van der Waals surface area contributed by atoms with E-state index in [9.17, 15) is 9.59 Å². The Balaban J connectivity index is 1.85. The molecule has 0 spiro atoms. The molecule has 122 valence electrons. The number of amides is 1. The molecule has 0 saturated carbocycles. The van der Waals surface area contributed by atoms with Crippen LogP contribution in [0.4, 0.5) is 0 Å². The Hall–Kier alpha value is -1.86. The zero-order valence-electron chi connectivity index (χ0n) is 12.5. The third kappa shape index (κ3) is 3.25. The highest BCUT2D eigenvalue weighted by molar-refractivity contribution is 9.10. The number of carbonyl (C=O) groups excluding carboxylic acids is 1. The molecule has 0 aliphatic carbocycles. The summed E-state index contributed by atoms with van der Waals surface area (Å²) < 4.78 is 12.0. The van der Waals surface area contributed by atoms with Gasteiger partial charge in [-0.2, -0.15) is 0 Å². The molecule has 1 aliphatic heterocycles. The van der Waals surface area contributed by atoms with Gasteiger partial charge in [0, 0.05) is 28.5 Å². The molecule has 0 bridgehead atoms. The van der Waals surface area contributed by atoms with E-state index in [2.05, 4.69) is 15.9 Å². The zero-order chi connectivity index (χ0) is 16.6. The molecule has 1 aromatic carbocycles. The van der Waals surface area contributed by atoms with Gasteiger partial charge >= 0.3 is 5.97 Å². The first-order valence-electron chi connectivity index (χ1n) is 7.27. The van der Waals surface area contributed by atoms with Gasteiger partial charge in [-0.25, -0.2) is 0 Å². The number of carboxylic acids is 1. The van der Waals surface area contributed by atoms with E-state index in [1.807, 2.05) is 25.1 Å². The molecule has 1 fully saturated rings. The molecule has 1 atom stereocenters. The first-order valence-corrected chi connectivity index (χ1v) is 8.06. The Kier molecular flexibility index (Phi) is 4.41. The van der Waals surface area contributed by atoms with Gasteiger partial charge < -0.3 is 19.2 Å². The van der Waals surface area contributed by atoms with Crippen LogP contribution in [0.25, 0.3) is 11.0 Å². The number of carboxylic acid groups (broad SMARTS) is 1. The fourth-order valence-electron chi connectivity index (χ4n) is 2.76. The summed E-state index contributed by atoms with van der Waals surface area (Å²) in [5.74, 6) is -0.864. The largest absolute Gasteiger partial charge is 0.481 e. The third-order valence-electron chi connectivity index (χ3n) is 3.92. The number of hydrogen-bond acceptors (Lipinski definition) is 4. The summed E-state index contributed by atoms with van der Waals surface area (Å²) in [4.78, 5) is 25.1. The minimum atomic E-state index is -0.936. The number of halogens is 1. The van der Waals surface area contributed by atoms with Crippen LogP contribution >= 0.6 is 15.9 Å². The topological polar surface area (TPSA) is 80.0 Å². The number of morpholine rings is 1. The molecular weight excluding hydrogens is 366 g/mol. The first kappa shape index (κ1) is 16.0. The lowest BCUT2D eigenvalue weighted by molar-refractivity contribution is -0.141. The number of nitrogens with zero attached hydrogens (tertiary/aromatic N) is 1. The van der Waals surface area contributed by atoms with Gasteiger partial charge in [0.15, 0.2) is 5.76 Å². The number of aryl methyl sites for hydroxylation is 1. The van der Waals surface area contributed by atoms with Crippen molar-refractivity contribution in [2.75, 3.05) is 19.7 Å². The van der Waals surface area contributed by atoms with Crippen LogP contribution in [-0.2, 0) is 9.53 Å². The lowest BCUT2D eigenvalue weighted by Gasteiger charge is -2.31. The number of rotatable bonds is 3. The highest BCUT2D eigenvalue weighted by Crippen LogP contribution is 2.29. The molecule has 1 aliphatic rings. The monoisotopic (exact) mass is 381 g/mol. The van der Waals surface area contributed by atoms with Crippen LogP contribution in [0.5, 0.6) is 0 Å². The lowest BCUT2D eigenvalue weighted by Crippen LogP contribution is -2.46. The van der Waals surface area contributed by atoms with Gasteiger partial charge in [0.1, 0.15) is 5.58 Å². The Morgan fingerprint density at radius 2 is 2.22 bits per heavy atom. The molecule has 2 aromatic rings. The van der Waals surface area contributed by atoms with Crippen LogP contribution in [-0.4, -0.2) is 47.7 Å². The molecule has 6 nitrogen and oxygen atoms in total. The molecule has 3 rings (SSSR count). The van der Waals surface area contributed by atoms with Crippen molar-refractivity contribution in [3.05, 3.63) is 34.0 Å². The number of carbonyl (C=O) groups is 2. The molecule has 1 N–H and O–H groups in total. The van der Waals surface area contributed by atoms with Crippen LogP contribution in [0.1, 0.15) is 22.5 Å². The fourth-order valence-corrected chi connectivity index (χ4v) is 3.12. The fraction of sp³-hybridized carbons (Fsp3) is 0.375. The highest BCUT2D eigenvalue weighted by atomic mass is 79.9. The van der Waals surface area contributed by atoms with Gasteiger partial charge in [-0.1, -0.05) is 15.9 Å². The van der Waals surface area contributed by atoms with E-state index in [-0.39, 0.29) is 18.9 Å². The molecular formula is C16H16BrNO5. The molecule has 0 radical (unpaired) electrons. The zero-order valence-corrected chi connectivity index (χ0v) is 14.1. The number of furan rings is 1. The van der Waals surface area contributed by atoms with Crippen molar-refractivity contribution in [2.45, 2.75) is 19.4 Å². The third-order valence-corrected chi connectivity index (χ3v) is 4.41. The summed E-state index contributed by atoms with van der Waals surface area (Å²) in [5.41, 5.74) is 1.44. The van der Waals surface area contributed by atoms with Gasteiger partial charge in [-0.15, -0.1) is 0 Å². The Bertz CT molecular complexity index is 769. The van der Waals surface area contributed by atoms with Crippen LogP contribution < -0.4 is 0 Å². The van der Waals surface area contributed by atoms with E-state index in [1.54, 1.807) is 4.90 Å². The van der Waals surface area contributed by atoms with E-state index in [0.717, 1.165) is 15.4 Å². The van der Waals surface area contributed by atoms with E-state index >= 15 is 0 Å². The smallest absolute Gasteiger partial charge is 0.306 e. The number of benzene rings is 1.